The number of rotatable bonds is 5. The summed E-state index contributed by atoms with van der Waals surface area (Å²) in [7, 11) is 0. The molecule has 2 aromatic carbocycles. The van der Waals surface area contributed by atoms with Gasteiger partial charge in [0.2, 0.25) is 5.91 Å². The maximum absolute atomic E-state index is 12.6. The molecule has 6 aromatic rings. The summed E-state index contributed by atoms with van der Waals surface area (Å²) in [4.78, 5) is 29.6. The molecule has 0 radical (unpaired) electrons. The van der Waals surface area contributed by atoms with Crippen LogP contribution in [0, 0.1) is 6.92 Å². The Kier molecular flexibility index (Phi) is 5.03. The molecule has 8 heteroatoms. The zero-order valence-electron chi connectivity index (χ0n) is 18.9. The van der Waals surface area contributed by atoms with E-state index in [2.05, 4.69) is 30.5 Å². The van der Waals surface area contributed by atoms with Crippen LogP contribution in [0.4, 0.5) is 5.69 Å². The number of carbonyl (C=O) groups excluding carboxylic acids is 1. The van der Waals surface area contributed by atoms with E-state index in [1.54, 1.807) is 6.20 Å². The average Bonchev–Trinajstić information content (AvgIpc) is 3.47. The maximum Gasteiger partial charge on any atom is 0.228 e. The molecule has 3 N–H and O–H groups in total. The van der Waals surface area contributed by atoms with Crippen LogP contribution in [0.2, 0.25) is 0 Å². The smallest absolute Gasteiger partial charge is 0.228 e. The predicted octanol–water partition coefficient (Wildman–Crippen LogP) is 5.05. The van der Waals surface area contributed by atoms with Crippen molar-refractivity contribution < 1.29 is 4.79 Å². The highest BCUT2D eigenvalue weighted by Gasteiger charge is 2.16. The second-order valence-corrected chi connectivity index (χ2v) is 8.42. The Morgan fingerprint density at radius 1 is 0.943 bits per heavy atom. The molecule has 0 spiro atoms. The molecule has 1 amide bonds. The van der Waals surface area contributed by atoms with E-state index >= 15 is 0 Å². The highest BCUT2D eigenvalue weighted by Crippen LogP contribution is 2.29. The van der Waals surface area contributed by atoms with Crippen LogP contribution >= 0.6 is 0 Å². The molecule has 0 saturated heterocycles. The lowest BCUT2D eigenvalue weighted by molar-refractivity contribution is -0.115. The van der Waals surface area contributed by atoms with E-state index in [4.69, 9.17) is 4.98 Å². The Labute approximate surface area is 200 Å². The van der Waals surface area contributed by atoms with Crippen LogP contribution in [0.25, 0.3) is 45.0 Å². The average molecular weight is 460 g/mol. The van der Waals surface area contributed by atoms with E-state index in [1.807, 2.05) is 79.7 Å². The Bertz CT molecular complexity index is 1650. The topological polar surface area (TPSA) is 112 Å². The quantitative estimate of drug-likeness (QED) is 0.334. The van der Waals surface area contributed by atoms with E-state index in [0.717, 1.165) is 39.1 Å². The molecule has 4 heterocycles. The van der Waals surface area contributed by atoms with Gasteiger partial charge in [0.25, 0.3) is 0 Å². The minimum Gasteiger partial charge on any atom is -0.335 e. The van der Waals surface area contributed by atoms with Crippen molar-refractivity contribution in [2.45, 2.75) is 13.3 Å². The normalized spacial score (nSPS) is 11.2. The summed E-state index contributed by atoms with van der Waals surface area (Å²) in [5.41, 5.74) is 8.01. The van der Waals surface area contributed by atoms with Crippen molar-refractivity contribution in [1.82, 2.24) is 30.1 Å². The lowest BCUT2D eigenvalue weighted by Gasteiger charge is -2.10. The number of aryl methyl sites for hydroxylation is 1. The monoisotopic (exact) mass is 459 g/mol. The number of hydrogen-bond acceptors (Lipinski definition) is 5. The van der Waals surface area contributed by atoms with Crippen LogP contribution in [0.15, 0.2) is 79.0 Å². The number of nitrogens with zero attached hydrogens (tertiary/aromatic N) is 4. The molecule has 0 aliphatic rings. The zero-order valence-corrected chi connectivity index (χ0v) is 18.9. The van der Waals surface area contributed by atoms with Gasteiger partial charge < -0.3 is 10.3 Å². The summed E-state index contributed by atoms with van der Waals surface area (Å²) in [6.07, 6.45) is 2.03. The minimum absolute atomic E-state index is 0.0632. The number of fused-ring (bicyclic) bond motifs is 2. The number of hydrogen-bond donors (Lipinski definition) is 3. The molecular formula is C27H21N7O. The van der Waals surface area contributed by atoms with Crippen LogP contribution in [0.1, 0.15) is 11.1 Å². The molecule has 0 saturated carbocycles. The highest BCUT2D eigenvalue weighted by atomic mass is 16.1. The molecule has 4 aromatic heterocycles. The molecule has 0 atom stereocenters. The van der Waals surface area contributed by atoms with Gasteiger partial charge in [0.15, 0.2) is 17.2 Å². The molecule has 0 unspecified atom stereocenters. The van der Waals surface area contributed by atoms with Crippen molar-refractivity contribution >= 4 is 33.8 Å². The lowest BCUT2D eigenvalue weighted by Crippen LogP contribution is -2.14. The van der Waals surface area contributed by atoms with Crippen molar-refractivity contribution in [3.8, 4) is 22.8 Å². The number of H-pyrrole nitrogens is 2. The van der Waals surface area contributed by atoms with Crippen molar-refractivity contribution in [2.75, 3.05) is 5.32 Å². The van der Waals surface area contributed by atoms with E-state index in [0.29, 0.717) is 29.1 Å². The third-order valence-corrected chi connectivity index (χ3v) is 5.75. The van der Waals surface area contributed by atoms with Gasteiger partial charge in [-0.05, 0) is 60.5 Å². The number of pyridine rings is 2. The van der Waals surface area contributed by atoms with Crippen molar-refractivity contribution in [3.05, 3.63) is 90.1 Å². The van der Waals surface area contributed by atoms with Gasteiger partial charge >= 0.3 is 0 Å². The summed E-state index contributed by atoms with van der Waals surface area (Å²) in [6.45, 7) is 2.00. The molecule has 170 valence electrons. The van der Waals surface area contributed by atoms with Crippen LogP contribution in [-0.2, 0) is 11.2 Å². The number of nitrogens with one attached hydrogen (secondary N) is 3. The van der Waals surface area contributed by atoms with Gasteiger partial charge in [-0.1, -0.05) is 30.3 Å². The predicted molar refractivity (Wildman–Crippen MR) is 136 cm³/mol. The molecule has 0 aliphatic carbocycles. The van der Waals surface area contributed by atoms with Gasteiger partial charge in [-0.2, -0.15) is 5.10 Å². The van der Waals surface area contributed by atoms with Crippen LogP contribution in [0.5, 0.6) is 0 Å². The number of anilines is 1. The summed E-state index contributed by atoms with van der Waals surface area (Å²) in [5.74, 6) is 0.541. The van der Waals surface area contributed by atoms with Crippen molar-refractivity contribution in [2.24, 2.45) is 0 Å². The highest BCUT2D eigenvalue weighted by molar-refractivity contribution is 5.94. The van der Waals surface area contributed by atoms with E-state index in [9.17, 15) is 4.79 Å². The van der Waals surface area contributed by atoms with Crippen LogP contribution in [0.3, 0.4) is 0 Å². The van der Waals surface area contributed by atoms with Gasteiger partial charge in [-0.15, -0.1) is 0 Å². The Balaban J connectivity index is 1.33. The van der Waals surface area contributed by atoms with Gasteiger partial charge in [0.1, 0.15) is 5.52 Å². The largest absolute Gasteiger partial charge is 0.335 e. The fourth-order valence-corrected chi connectivity index (χ4v) is 4.17. The summed E-state index contributed by atoms with van der Waals surface area (Å²) >= 11 is 0. The minimum atomic E-state index is -0.0632. The summed E-state index contributed by atoms with van der Waals surface area (Å²) in [6, 6.07) is 23.3. The Hall–Kier alpha value is -4.85. The number of aromatic amines is 2. The summed E-state index contributed by atoms with van der Waals surface area (Å²) in [5, 5.41) is 10.5. The zero-order chi connectivity index (χ0) is 23.8. The molecule has 0 bridgehead atoms. The second kappa shape index (κ2) is 8.49. The van der Waals surface area contributed by atoms with E-state index < -0.39 is 0 Å². The number of carbonyl (C=O) groups is 1. The third kappa shape index (κ3) is 4.13. The first-order chi connectivity index (χ1) is 17.1. The molecule has 0 fully saturated rings. The van der Waals surface area contributed by atoms with Crippen LogP contribution in [-0.4, -0.2) is 36.0 Å². The Morgan fingerprint density at radius 3 is 2.69 bits per heavy atom. The second-order valence-electron chi connectivity index (χ2n) is 8.42. The summed E-state index contributed by atoms with van der Waals surface area (Å²) < 4.78 is 0. The maximum atomic E-state index is 12.6. The first-order valence-electron chi connectivity index (χ1n) is 11.2. The fraction of sp³-hybridized carbons (Fsp3) is 0.0741. The van der Waals surface area contributed by atoms with Gasteiger partial charge in [-0.3, -0.25) is 9.89 Å². The Morgan fingerprint density at radius 2 is 1.83 bits per heavy atom. The fourth-order valence-electron chi connectivity index (χ4n) is 4.17. The number of aromatic nitrogens is 6. The number of benzene rings is 2. The molecular weight excluding hydrogens is 438 g/mol. The number of amides is 1. The van der Waals surface area contributed by atoms with E-state index in [1.165, 1.54) is 0 Å². The van der Waals surface area contributed by atoms with Crippen molar-refractivity contribution in [1.29, 1.82) is 0 Å². The standard InChI is InChI=1S/C27H21N7O/c1-16-12-18(15-19(13-16)29-23(35)14-17-6-3-2-4-7-17)20-9-10-21-24(30-20)25(34-33-21)27-31-22-8-5-11-28-26(22)32-27/h2-13,15H,14H2,1H3,(H,29,35)(H,33,34)(H,28,31,32). The lowest BCUT2D eigenvalue weighted by atomic mass is 10.1. The third-order valence-electron chi connectivity index (χ3n) is 5.75. The van der Waals surface area contributed by atoms with E-state index in [-0.39, 0.29) is 5.91 Å². The molecule has 35 heavy (non-hydrogen) atoms. The van der Waals surface area contributed by atoms with Crippen LogP contribution < -0.4 is 5.32 Å². The first-order valence-corrected chi connectivity index (χ1v) is 11.2. The van der Waals surface area contributed by atoms with Gasteiger partial charge in [0, 0.05) is 17.4 Å². The SMILES string of the molecule is Cc1cc(NC(=O)Cc2ccccc2)cc(-c2ccc3[nH]nc(-c4nc5ncccc5[nH]4)c3n2)c1. The first kappa shape index (κ1) is 20.7. The van der Waals surface area contributed by atoms with Gasteiger partial charge in [-0.25, -0.2) is 15.0 Å². The van der Waals surface area contributed by atoms with Crippen molar-refractivity contribution in [3.63, 3.8) is 0 Å². The molecule has 0 aliphatic heterocycles. The van der Waals surface area contributed by atoms with Gasteiger partial charge in [0.05, 0.1) is 23.1 Å². The molecule has 8 nitrogen and oxygen atoms in total. The molecule has 6 rings (SSSR count). The number of imidazole rings is 1.